The molecule has 1 aromatic carbocycles. The molecule has 5 nitrogen and oxygen atoms in total. The molecule has 0 saturated carbocycles. The highest BCUT2D eigenvalue weighted by Crippen LogP contribution is 2.07. The maximum Gasteiger partial charge on any atom is 0.396 e. The first kappa shape index (κ1) is 13.0. The van der Waals surface area contributed by atoms with Gasteiger partial charge in [-0.05, 0) is 18.6 Å². The lowest BCUT2D eigenvalue weighted by atomic mass is 10.3. The normalized spacial score (nSPS) is 9.47. The van der Waals surface area contributed by atoms with E-state index in [-0.39, 0.29) is 0 Å². The monoisotopic (exact) mass is 237 g/mol. The van der Waals surface area contributed by atoms with Gasteiger partial charge >= 0.3 is 11.9 Å². The molecule has 0 aromatic heterocycles. The van der Waals surface area contributed by atoms with Crippen molar-refractivity contribution in [2.24, 2.45) is 0 Å². The molecule has 1 N–H and O–H groups in total. The fourth-order valence-electron chi connectivity index (χ4n) is 1.15. The van der Waals surface area contributed by atoms with E-state index < -0.39 is 11.9 Å². The summed E-state index contributed by atoms with van der Waals surface area (Å²) in [6.07, 6.45) is 0.623. The van der Waals surface area contributed by atoms with Crippen LogP contribution in [0.25, 0.3) is 0 Å². The van der Waals surface area contributed by atoms with Gasteiger partial charge in [-0.15, -0.1) is 0 Å². The average Bonchev–Trinajstić information content (AvgIpc) is 2.38. The van der Waals surface area contributed by atoms with Gasteiger partial charge in [0.1, 0.15) is 5.75 Å². The van der Waals surface area contributed by atoms with Gasteiger partial charge in [0.2, 0.25) is 0 Å². The van der Waals surface area contributed by atoms with Gasteiger partial charge in [0.25, 0.3) is 0 Å². The lowest BCUT2D eigenvalue weighted by Gasteiger charge is -2.06. The van der Waals surface area contributed by atoms with E-state index in [1.165, 1.54) is 7.11 Å². The van der Waals surface area contributed by atoms with E-state index >= 15 is 0 Å². The van der Waals surface area contributed by atoms with Crippen LogP contribution in [0.2, 0.25) is 0 Å². The van der Waals surface area contributed by atoms with Gasteiger partial charge in [-0.25, -0.2) is 4.79 Å². The zero-order valence-electron chi connectivity index (χ0n) is 9.64. The molecule has 0 unspecified atom stereocenters. The van der Waals surface area contributed by atoms with E-state index in [1.807, 2.05) is 30.3 Å². The molecule has 92 valence electrons. The maximum atomic E-state index is 11.0. The van der Waals surface area contributed by atoms with Crippen LogP contribution in [0.15, 0.2) is 30.3 Å². The summed E-state index contributed by atoms with van der Waals surface area (Å²) < 4.78 is 9.66. The second-order valence-electron chi connectivity index (χ2n) is 3.26. The fraction of sp³-hybridized carbons (Fsp3) is 0.333. The second-order valence-corrected chi connectivity index (χ2v) is 3.26. The fourth-order valence-corrected chi connectivity index (χ4v) is 1.15. The number of para-hydroxylation sites is 1. The number of carbonyl (C=O) groups is 2. The topological polar surface area (TPSA) is 64.6 Å². The SMILES string of the molecule is COC(=O)C(=O)NCCCOc1ccccc1. The summed E-state index contributed by atoms with van der Waals surface area (Å²) >= 11 is 0. The maximum absolute atomic E-state index is 11.0. The lowest BCUT2D eigenvalue weighted by Crippen LogP contribution is -2.33. The minimum atomic E-state index is -0.881. The highest BCUT2D eigenvalue weighted by molar-refractivity contribution is 6.32. The van der Waals surface area contributed by atoms with Gasteiger partial charge in [-0.3, -0.25) is 4.79 Å². The van der Waals surface area contributed by atoms with E-state index in [0.29, 0.717) is 19.6 Å². The van der Waals surface area contributed by atoms with Crippen LogP contribution < -0.4 is 10.1 Å². The number of methoxy groups -OCH3 is 1. The third kappa shape index (κ3) is 5.01. The van der Waals surface area contributed by atoms with Crippen LogP contribution in [0.3, 0.4) is 0 Å². The number of amides is 1. The Kier molecular flexibility index (Phi) is 5.57. The van der Waals surface area contributed by atoms with Crippen molar-refractivity contribution in [1.82, 2.24) is 5.32 Å². The first-order chi connectivity index (χ1) is 8.24. The zero-order valence-corrected chi connectivity index (χ0v) is 9.64. The number of rotatable bonds is 5. The van der Waals surface area contributed by atoms with Crippen molar-refractivity contribution in [2.75, 3.05) is 20.3 Å². The summed E-state index contributed by atoms with van der Waals surface area (Å²) in [6, 6.07) is 9.38. The van der Waals surface area contributed by atoms with E-state index in [4.69, 9.17) is 4.74 Å². The molecule has 17 heavy (non-hydrogen) atoms. The van der Waals surface area contributed by atoms with E-state index in [2.05, 4.69) is 10.1 Å². The van der Waals surface area contributed by atoms with Crippen molar-refractivity contribution in [3.63, 3.8) is 0 Å². The van der Waals surface area contributed by atoms with Gasteiger partial charge in [0.05, 0.1) is 13.7 Å². The highest BCUT2D eigenvalue weighted by Gasteiger charge is 2.11. The molecule has 1 aromatic rings. The molecule has 0 aliphatic heterocycles. The molecule has 1 amide bonds. The molecular weight excluding hydrogens is 222 g/mol. The Labute approximate surface area is 99.7 Å². The number of benzene rings is 1. The van der Waals surface area contributed by atoms with Crippen LogP contribution >= 0.6 is 0 Å². The quantitative estimate of drug-likeness (QED) is 0.466. The summed E-state index contributed by atoms with van der Waals surface area (Å²) in [5.74, 6) is -0.826. The number of hydrogen-bond acceptors (Lipinski definition) is 4. The summed E-state index contributed by atoms with van der Waals surface area (Å²) in [4.78, 5) is 21.7. The van der Waals surface area contributed by atoms with Crippen molar-refractivity contribution in [1.29, 1.82) is 0 Å². The smallest absolute Gasteiger partial charge is 0.396 e. The van der Waals surface area contributed by atoms with Crippen LogP contribution in [0.1, 0.15) is 6.42 Å². The molecule has 0 spiro atoms. The van der Waals surface area contributed by atoms with Gasteiger partial charge < -0.3 is 14.8 Å². The van der Waals surface area contributed by atoms with Crippen LogP contribution in [0.4, 0.5) is 0 Å². The Morgan fingerprint density at radius 3 is 2.59 bits per heavy atom. The number of esters is 1. The van der Waals surface area contributed by atoms with Crippen LogP contribution in [0.5, 0.6) is 5.75 Å². The first-order valence-electron chi connectivity index (χ1n) is 5.28. The van der Waals surface area contributed by atoms with Crippen LogP contribution in [0, 0.1) is 0 Å². The Morgan fingerprint density at radius 1 is 1.24 bits per heavy atom. The predicted octanol–water partition coefficient (Wildman–Crippen LogP) is 0.745. The third-order valence-corrected chi connectivity index (χ3v) is 1.99. The molecule has 0 radical (unpaired) electrons. The minimum absolute atomic E-state index is 0.376. The van der Waals surface area contributed by atoms with E-state index in [9.17, 15) is 9.59 Å². The van der Waals surface area contributed by atoms with E-state index in [0.717, 1.165) is 5.75 Å². The van der Waals surface area contributed by atoms with Crippen LogP contribution in [-0.4, -0.2) is 32.1 Å². The second kappa shape index (κ2) is 7.27. The third-order valence-electron chi connectivity index (χ3n) is 1.99. The minimum Gasteiger partial charge on any atom is -0.494 e. The summed E-state index contributed by atoms with van der Waals surface area (Å²) in [6.45, 7) is 0.853. The van der Waals surface area contributed by atoms with Crippen molar-refractivity contribution in [2.45, 2.75) is 6.42 Å². The molecule has 0 bridgehead atoms. The molecule has 0 aliphatic rings. The standard InChI is InChI=1S/C12H15NO4/c1-16-12(15)11(14)13-8-5-9-17-10-6-3-2-4-7-10/h2-4,6-7H,5,8-9H2,1H3,(H,13,14). The first-order valence-corrected chi connectivity index (χ1v) is 5.28. The van der Waals surface area contributed by atoms with Gasteiger partial charge in [-0.2, -0.15) is 0 Å². The Morgan fingerprint density at radius 2 is 1.94 bits per heavy atom. The zero-order chi connectivity index (χ0) is 12.5. The van der Waals surface area contributed by atoms with Crippen molar-refractivity contribution in [3.8, 4) is 5.75 Å². The molecule has 0 atom stereocenters. The summed E-state index contributed by atoms with van der Waals surface area (Å²) in [5, 5.41) is 2.43. The largest absolute Gasteiger partial charge is 0.494 e. The molecular formula is C12H15NO4. The molecule has 1 rings (SSSR count). The number of hydrogen-bond donors (Lipinski definition) is 1. The average molecular weight is 237 g/mol. The molecule has 5 heteroatoms. The number of nitrogens with one attached hydrogen (secondary N) is 1. The number of ether oxygens (including phenoxy) is 2. The van der Waals surface area contributed by atoms with Crippen LogP contribution in [-0.2, 0) is 14.3 Å². The lowest BCUT2D eigenvalue weighted by molar-refractivity contribution is -0.152. The van der Waals surface area contributed by atoms with Gasteiger partial charge in [0, 0.05) is 6.54 Å². The molecule has 0 aliphatic carbocycles. The van der Waals surface area contributed by atoms with E-state index in [1.54, 1.807) is 0 Å². The Hall–Kier alpha value is -2.04. The van der Waals surface area contributed by atoms with Gasteiger partial charge in [-0.1, -0.05) is 18.2 Å². The highest BCUT2D eigenvalue weighted by atomic mass is 16.5. The van der Waals surface area contributed by atoms with Crippen molar-refractivity contribution in [3.05, 3.63) is 30.3 Å². The predicted molar refractivity (Wildman–Crippen MR) is 61.6 cm³/mol. The molecule has 0 heterocycles. The van der Waals surface area contributed by atoms with Gasteiger partial charge in [0.15, 0.2) is 0 Å². The summed E-state index contributed by atoms with van der Waals surface area (Å²) in [5.41, 5.74) is 0. The molecule has 0 saturated heterocycles. The Balaban J connectivity index is 2.09. The summed E-state index contributed by atoms with van der Waals surface area (Å²) in [7, 11) is 1.17. The number of carbonyl (C=O) groups excluding carboxylic acids is 2. The molecule has 0 fully saturated rings. The van der Waals surface area contributed by atoms with Crippen molar-refractivity contribution >= 4 is 11.9 Å². The van der Waals surface area contributed by atoms with Crippen molar-refractivity contribution < 1.29 is 19.1 Å². The Bertz CT molecular complexity index is 364.